The Hall–Kier alpha value is -2.29. The van der Waals surface area contributed by atoms with Crippen molar-refractivity contribution in [2.45, 2.75) is 26.2 Å². The summed E-state index contributed by atoms with van der Waals surface area (Å²) in [6.07, 6.45) is 3.32. The van der Waals surface area contributed by atoms with Gasteiger partial charge in [-0.1, -0.05) is 68.3 Å². The van der Waals surface area contributed by atoms with Crippen LogP contribution in [0.3, 0.4) is 0 Å². The van der Waals surface area contributed by atoms with Gasteiger partial charge in [0.1, 0.15) is 0 Å². The number of nitrogens with zero attached hydrogens (tertiary/aromatic N) is 1. The fourth-order valence-corrected chi connectivity index (χ4v) is 2.43. The molecule has 0 radical (unpaired) electrons. The van der Waals surface area contributed by atoms with Gasteiger partial charge in [0.25, 0.3) is 0 Å². The van der Waals surface area contributed by atoms with Gasteiger partial charge in [-0.15, -0.1) is 0 Å². The van der Waals surface area contributed by atoms with Crippen LogP contribution in [-0.2, 0) is 0 Å². The van der Waals surface area contributed by atoms with Gasteiger partial charge in [0.15, 0.2) is 0 Å². The Morgan fingerprint density at radius 1 is 1.00 bits per heavy atom. The van der Waals surface area contributed by atoms with Crippen molar-refractivity contribution in [1.82, 2.24) is 5.32 Å². The summed E-state index contributed by atoms with van der Waals surface area (Å²) in [7, 11) is 1.82. The van der Waals surface area contributed by atoms with Crippen LogP contribution in [0.5, 0.6) is 0 Å². The van der Waals surface area contributed by atoms with E-state index in [0.717, 1.165) is 42.6 Å². The third-order valence-corrected chi connectivity index (χ3v) is 3.71. The summed E-state index contributed by atoms with van der Waals surface area (Å²) in [6, 6.07) is 18.1. The Kier molecular flexibility index (Phi) is 6.01. The van der Waals surface area contributed by atoms with Gasteiger partial charge in [-0.25, -0.2) is 4.79 Å². The molecule has 2 rings (SSSR count). The average molecular weight is 296 g/mol. The van der Waals surface area contributed by atoms with Gasteiger partial charge in [0.2, 0.25) is 0 Å². The fourth-order valence-electron chi connectivity index (χ4n) is 2.43. The predicted octanol–water partition coefficient (Wildman–Crippen LogP) is 4.69. The highest BCUT2D eigenvalue weighted by Gasteiger charge is 2.14. The molecule has 0 aliphatic rings. The van der Waals surface area contributed by atoms with Crippen LogP contribution in [0, 0.1) is 0 Å². The van der Waals surface area contributed by atoms with Crippen molar-refractivity contribution in [3.05, 3.63) is 54.6 Å². The van der Waals surface area contributed by atoms with Crippen LogP contribution in [0.1, 0.15) is 26.2 Å². The molecule has 0 aliphatic carbocycles. The molecule has 0 fully saturated rings. The summed E-state index contributed by atoms with van der Waals surface area (Å²) in [5.41, 5.74) is 3.10. The van der Waals surface area contributed by atoms with E-state index in [4.69, 9.17) is 0 Å². The molecule has 2 aromatic carbocycles. The number of hydrogen-bond donors (Lipinski definition) is 1. The van der Waals surface area contributed by atoms with Crippen molar-refractivity contribution in [2.24, 2.45) is 0 Å². The van der Waals surface area contributed by atoms with Crippen molar-refractivity contribution in [1.29, 1.82) is 0 Å². The minimum Gasteiger partial charge on any atom is -0.338 e. The number of unbranched alkanes of at least 4 members (excludes halogenated alkanes) is 2. The van der Waals surface area contributed by atoms with Crippen molar-refractivity contribution in [3.63, 3.8) is 0 Å². The molecule has 2 amide bonds. The molecule has 0 bridgehead atoms. The number of urea groups is 1. The SMILES string of the molecule is CCCCCNC(=O)N(C)c1ccccc1-c1ccccc1. The smallest absolute Gasteiger partial charge is 0.321 e. The second-order valence-electron chi connectivity index (χ2n) is 5.38. The van der Waals surface area contributed by atoms with Gasteiger partial charge < -0.3 is 5.32 Å². The highest BCUT2D eigenvalue weighted by atomic mass is 16.2. The first-order valence-corrected chi connectivity index (χ1v) is 7.90. The van der Waals surface area contributed by atoms with E-state index in [2.05, 4.69) is 24.4 Å². The molecule has 3 nitrogen and oxygen atoms in total. The highest BCUT2D eigenvalue weighted by Crippen LogP contribution is 2.29. The number of rotatable bonds is 6. The third-order valence-electron chi connectivity index (χ3n) is 3.71. The Morgan fingerprint density at radius 2 is 1.68 bits per heavy atom. The minimum absolute atomic E-state index is 0.0560. The van der Waals surface area contributed by atoms with Crippen LogP contribution in [0.2, 0.25) is 0 Å². The number of hydrogen-bond acceptors (Lipinski definition) is 1. The standard InChI is InChI=1S/C19H24N2O/c1-3-4-10-15-20-19(22)21(2)18-14-9-8-13-17(18)16-11-6-5-7-12-16/h5-9,11-14H,3-4,10,15H2,1-2H3,(H,20,22). The maximum absolute atomic E-state index is 12.3. The zero-order chi connectivity index (χ0) is 15.8. The van der Waals surface area contributed by atoms with E-state index in [1.165, 1.54) is 0 Å². The van der Waals surface area contributed by atoms with Gasteiger partial charge in [-0.3, -0.25) is 4.90 Å². The van der Waals surface area contributed by atoms with E-state index in [0.29, 0.717) is 0 Å². The molecule has 0 saturated carbocycles. The molecule has 0 saturated heterocycles. The molecule has 0 aromatic heterocycles. The van der Waals surface area contributed by atoms with E-state index < -0.39 is 0 Å². The summed E-state index contributed by atoms with van der Waals surface area (Å²) >= 11 is 0. The van der Waals surface area contributed by atoms with Crippen LogP contribution in [0.15, 0.2) is 54.6 Å². The Morgan fingerprint density at radius 3 is 2.41 bits per heavy atom. The van der Waals surface area contributed by atoms with Crippen molar-refractivity contribution < 1.29 is 4.79 Å². The van der Waals surface area contributed by atoms with Crippen molar-refractivity contribution in [2.75, 3.05) is 18.5 Å². The van der Waals surface area contributed by atoms with E-state index in [9.17, 15) is 4.79 Å². The quantitative estimate of drug-likeness (QED) is 0.771. The molecular formula is C19H24N2O. The summed E-state index contributed by atoms with van der Waals surface area (Å²) in [4.78, 5) is 14.0. The number of para-hydroxylation sites is 1. The van der Waals surface area contributed by atoms with Crippen LogP contribution in [-0.4, -0.2) is 19.6 Å². The van der Waals surface area contributed by atoms with Crippen LogP contribution < -0.4 is 10.2 Å². The lowest BCUT2D eigenvalue weighted by atomic mass is 10.0. The number of anilines is 1. The van der Waals surface area contributed by atoms with E-state index in [1.807, 2.05) is 49.5 Å². The number of amides is 2. The molecule has 0 unspecified atom stereocenters. The first-order chi connectivity index (χ1) is 10.7. The Labute approximate surface area is 133 Å². The van der Waals surface area contributed by atoms with Crippen molar-refractivity contribution >= 4 is 11.7 Å². The largest absolute Gasteiger partial charge is 0.338 e. The Bertz CT molecular complexity index is 595. The molecule has 0 atom stereocenters. The molecule has 1 N–H and O–H groups in total. The summed E-state index contributed by atoms with van der Waals surface area (Å²) in [5.74, 6) is 0. The van der Waals surface area contributed by atoms with Gasteiger partial charge >= 0.3 is 6.03 Å². The van der Waals surface area contributed by atoms with Crippen molar-refractivity contribution in [3.8, 4) is 11.1 Å². The Balaban J connectivity index is 2.13. The molecule has 2 aromatic rings. The molecule has 116 valence electrons. The lowest BCUT2D eigenvalue weighted by Crippen LogP contribution is -2.38. The first-order valence-electron chi connectivity index (χ1n) is 7.90. The number of benzene rings is 2. The maximum atomic E-state index is 12.3. The molecule has 0 spiro atoms. The highest BCUT2D eigenvalue weighted by molar-refractivity contribution is 5.96. The minimum atomic E-state index is -0.0560. The van der Waals surface area contributed by atoms with E-state index >= 15 is 0 Å². The fraction of sp³-hybridized carbons (Fsp3) is 0.316. The zero-order valence-corrected chi connectivity index (χ0v) is 13.4. The molecule has 22 heavy (non-hydrogen) atoms. The van der Waals surface area contributed by atoms with Crippen LogP contribution in [0.25, 0.3) is 11.1 Å². The second-order valence-corrected chi connectivity index (χ2v) is 5.38. The van der Waals surface area contributed by atoms with Crippen LogP contribution in [0.4, 0.5) is 10.5 Å². The topological polar surface area (TPSA) is 32.3 Å². The van der Waals surface area contributed by atoms with Gasteiger partial charge in [0.05, 0.1) is 5.69 Å². The molecule has 0 heterocycles. The van der Waals surface area contributed by atoms with E-state index in [1.54, 1.807) is 4.90 Å². The third kappa shape index (κ3) is 4.10. The van der Waals surface area contributed by atoms with Gasteiger partial charge in [-0.05, 0) is 18.1 Å². The monoisotopic (exact) mass is 296 g/mol. The first kappa shape index (κ1) is 16.1. The summed E-state index contributed by atoms with van der Waals surface area (Å²) < 4.78 is 0. The summed E-state index contributed by atoms with van der Waals surface area (Å²) in [6.45, 7) is 2.88. The average Bonchev–Trinajstić information content (AvgIpc) is 2.58. The summed E-state index contributed by atoms with van der Waals surface area (Å²) in [5, 5.41) is 2.98. The molecule has 3 heteroatoms. The number of carbonyl (C=O) groups excluding carboxylic acids is 1. The van der Waals surface area contributed by atoms with Gasteiger partial charge in [-0.2, -0.15) is 0 Å². The molecule has 0 aliphatic heterocycles. The lowest BCUT2D eigenvalue weighted by molar-refractivity contribution is 0.247. The van der Waals surface area contributed by atoms with Gasteiger partial charge in [0, 0.05) is 19.2 Å². The predicted molar refractivity (Wildman–Crippen MR) is 93.2 cm³/mol. The maximum Gasteiger partial charge on any atom is 0.321 e. The zero-order valence-electron chi connectivity index (χ0n) is 13.4. The second kappa shape index (κ2) is 8.23. The van der Waals surface area contributed by atoms with E-state index in [-0.39, 0.29) is 6.03 Å². The number of nitrogens with one attached hydrogen (secondary N) is 1. The molecular weight excluding hydrogens is 272 g/mol. The van der Waals surface area contributed by atoms with Crippen LogP contribution >= 0.6 is 0 Å². The lowest BCUT2D eigenvalue weighted by Gasteiger charge is -2.21. The number of carbonyl (C=O) groups is 1. The normalized spacial score (nSPS) is 10.3.